The van der Waals surface area contributed by atoms with E-state index in [1.807, 2.05) is 0 Å². The Kier molecular flexibility index (Phi) is 19.4. The number of nitrogens with one attached hydrogen (secondary N) is 1. The molecule has 11 N–H and O–H groups in total. The van der Waals surface area contributed by atoms with Crippen molar-refractivity contribution in [3.05, 3.63) is 0 Å². The van der Waals surface area contributed by atoms with Crippen LogP contribution in [0.25, 0.3) is 0 Å². The molecule has 0 aromatic rings. The van der Waals surface area contributed by atoms with Crippen molar-refractivity contribution in [1.82, 2.24) is 5.32 Å². The SMILES string of the molecule is OCCNCCO.OC[C@H]1O[C@@](CO)(O[C@H]2O[C@H](CO)[C@@H](O)[C@H](O)[C@H]2O)[C@@H](O)[C@@H]1O.[I-].[Na+]. The van der Waals surface area contributed by atoms with Crippen molar-refractivity contribution in [2.24, 2.45) is 0 Å². The third-order valence-corrected chi connectivity index (χ3v) is 4.65. The first-order valence-corrected chi connectivity index (χ1v) is 9.39. The molecule has 2 heterocycles. The molecule has 0 aliphatic carbocycles. The summed E-state index contributed by atoms with van der Waals surface area (Å²) in [4.78, 5) is 0. The fourth-order valence-corrected chi connectivity index (χ4v) is 2.91. The van der Waals surface area contributed by atoms with Crippen molar-refractivity contribution < 1.29 is 119 Å². The van der Waals surface area contributed by atoms with Crippen molar-refractivity contribution >= 4 is 0 Å². The van der Waals surface area contributed by atoms with Gasteiger partial charge in [-0.3, -0.25) is 0 Å². The number of halogens is 1. The van der Waals surface area contributed by atoms with E-state index in [1.54, 1.807) is 0 Å². The average Bonchev–Trinajstić information content (AvgIpc) is 3.00. The van der Waals surface area contributed by atoms with Crippen LogP contribution in [0.1, 0.15) is 0 Å². The molecule has 0 aromatic heterocycles. The molecule has 2 aliphatic rings. The van der Waals surface area contributed by atoms with Crippen LogP contribution in [0.15, 0.2) is 0 Å². The molecule has 188 valence electrons. The van der Waals surface area contributed by atoms with Crippen LogP contribution in [-0.2, 0) is 14.2 Å². The van der Waals surface area contributed by atoms with Crippen molar-refractivity contribution in [1.29, 1.82) is 0 Å². The summed E-state index contributed by atoms with van der Waals surface area (Å²) in [6.45, 7) is -0.905. The predicted molar refractivity (Wildman–Crippen MR) is 95.7 cm³/mol. The number of hydrogen-bond acceptors (Lipinski definition) is 14. The van der Waals surface area contributed by atoms with E-state index in [-0.39, 0.29) is 66.7 Å². The zero-order valence-electron chi connectivity index (χ0n) is 17.6. The maximum atomic E-state index is 10.00. The van der Waals surface area contributed by atoms with Gasteiger partial charge in [0.1, 0.15) is 49.3 Å². The van der Waals surface area contributed by atoms with E-state index < -0.39 is 74.6 Å². The number of aliphatic hydroxyl groups excluding tert-OH is 10. The van der Waals surface area contributed by atoms with Gasteiger partial charge in [-0.25, -0.2) is 0 Å². The molecule has 0 amide bonds. The molecule has 2 fully saturated rings. The summed E-state index contributed by atoms with van der Waals surface area (Å²) >= 11 is 0. The minimum absolute atomic E-state index is 0. The van der Waals surface area contributed by atoms with Gasteiger partial charge in [0, 0.05) is 13.1 Å². The van der Waals surface area contributed by atoms with Crippen LogP contribution in [-0.4, -0.2) is 152 Å². The second kappa shape index (κ2) is 17.6. The fourth-order valence-electron chi connectivity index (χ4n) is 2.91. The Labute approximate surface area is 224 Å². The molecule has 0 radical (unpaired) electrons. The van der Waals surface area contributed by atoms with E-state index >= 15 is 0 Å². The van der Waals surface area contributed by atoms with E-state index in [2.05, 4.69) is 5.32 Å². The quantitative estimate of drug-likeness (QED) is 0.0672. The van der Waals surface area contributed by atoms with Gasteiger partial charge in [0.15, 0.2) is 6.29 Å². The molecule has 0 spiro atoms. The summed E-state index contributed by atoms with van der Waals surface area (Å²) in [5.74, 6) is -2.22. The maximum absolute atomic E-state index is 10.00. The zero-order valence-corrected chi connectivity index (χ0v) is 21.8. The van der Waals surface area contributed by atoms with Gasteiger partial charge in [0.2, 0.25) is 5.79 Å². The summed E-state index contributed by atoms with van der Waals surface area (Å²) in [7, 11) is 0. The van der Waals surface area contributed by atoms with Gasteiger partial charge in [-0.15, -0.1) is 0 Å². The molecule has 2 rings (SSSR count). The Hall–Kier alpha value is 1.17. The molecule has 16 heteroatoms. The summed E-state index contributed by atoms with van der Waals surface area (Å²) < 4.78 is 15.4. The van der Waals surface area contributed by atoms with E-state index in [0.29, 0.717) is 13.1 Å². The Bertz CT molecular complexity index is 481. The van der Waals surface area contributed by atoms with Crippen LogP contribution in [0.4, 0.5) is 0 Å². The summed E-state index contributed by atoms with van der Waals surface area (Å²) in [6.07, 6.45) is -12.7. The van der Waals surface area contributed by atoms with Gasteiger partial charge in [-0.1, -0.05) is 0 Å². The zero-order chi connectivity index (χ0) is 22.9. The average molecular weight is 597 g/mol. The van der Waals surface area contributed by atoms with Crippen molar-refractivity contribution in [2.45, 2.75) is 54.8 Å². The Morgan fingerprint density at radius 3 is 1.69 bits per heavy atom. The van der Waals surface area contributed by atoms with Crippen LogP contribution in [0.5, 0.6) is 0 Å². The Morgan fingerprint density at radius 2 is 1.28 bits per heavy atom. The van der Waals surface area contributed by atoms with Gasteiger partial charge in [-0.05, 0) is 0 Å². The molecule has 9 atom stereocenters. The van der Waals surface area contributed by atoms with E-state index in [9.17, 15) is 30.6 Å². The number of rotatable bonds is 9. The molecule has 2 saturated heterocycles. The van der Waals surface area contributed by atoms with Crippen LogP contribution in [0.3, 0.4) is 0 Å². The van der Waals surface area contributed by atoms with Gasteiger partial charge in [0.05, 0.1) is 26.4 Å². The molecule has 2 aliphatic heterocycles. The Balaban J connectivity index is 0. The first-order valence-electron chi connectivity index (χ1n) is 9.39. The van der Waals surface area contributed by atoms with Crippen molar-refractivity contribution in [3.63, 3.8) is 0 Å². The monoisotopic (exact) mass is 597 g/mol. The maximum Gasteiger partial charge on any atom is 1.00 e. The minimum Gasteiger partial charge on any atom is -1.00 e. The number of hydrogen-bond donors (Lipinski definition) is 11. The first-order chi connectivity index (χ1) is 14.2. The van der Waals surface area contributed by atoms with Gasteiger partial charge >= 0.3 is 29.6 Å². The normalized spacial score (nSPS) is 38.8. The van der Waals surface area contributed by atoms with Crippen LogP contribution in [0.2, 0.25) is 0 Å². The van der Waals surface area contributed by atoms with Crippen LogP contribution in [0, 0.1) is 0 Å². The van der Waals surface area contributed by atoms with Gasteiger partial charge in [0.25, 0.3) is 0 Å². The molecule has 0 aromatic carbocycles. The van der Waals surface area contributed by atoms with E-state index in [4.69, 9.17) is 34.6 Å². The Morgan fingerprint density at radius 1 is 0.750 bits per heavy atom. The standard InChI is InChI=1S/C12H22O11.C4H11NO2.HI.Na/c13-1-4-6(16)8(18)9(19)11(21-4)23-12(3-15)10(20)7(17)5(2-14)22-12;6-3-1-5-2-4-7;;/h4-11,13-20H,1-3H2;5-7H,1-4H2;1H;/q;;;+1/p-1/t4-,5-,6-,7-,8+,9-,10+,11-,12+;;;/m1.../s1. The fraction of sp³-hybridized carbons (Fsp3) is 1.00. The van der Waals surface area contributed by atoms with Crippen molar-refractivity contribution in [2.75, 3.05) is 46.1 Å². The largest absolute Gasteiger partial charge is 1.00 e. The third kappa shape index (κ3) is 8.99. The smallest absolute Gasteiger partial charge is 1.00 e. The topological polar surface area (TPSA) is 242 Å². The molecular weight excluding hydrogens is 564 g/mol. The second-order valence-electron chi connectivity index (χ2n) is 6.76. The summed E-state index contributed by atoms with van der Waals surface area (Å²) in [5, 5.41) is 95.7. The molecule has 0 bridgehead atoms. The van der Waals surface area contributed by atoms with Crippen LogP contribution < -0.4 is 58.9 Å². The van der Waals surface area contributed by atoms with Gasteiger partial charge in [-0.2, -0.15) is 0 Å². The van der Waals surface area contributed by atoms with Crippen molar-refractivity contribution in [3.8, 4) is 0 Å². The number of aliphatic hydroxyl groups is 10. The molecule has 32 heavy (non-hydrogen) atoms. The van der Waals surface area contributed by atoms with Gasteiger partial charge < -0.3 is 94.6 Å². The third-order valence-electron chi connectivity index (χ3n) is 4.65. The van der Waals surface area contributed by atoms with Crippen LogP contribution >= 0.6 is 0 Å². The minimum atomic E-state index is -2.22. The molecule has 14 nitrogen and oxygen atoms in total. The molecule has 0 unspecified atom stereocenters. The predicted octanol–water partition coefficient (Wildman–Crippen LogP) is -12.8. The van der Waals surface area contributed by atoms with E-state index in [1.165, 1.54) is 0 Å². The summed E-state index contributed by atoms with van der Waals surface area (Å²) in [6, 6.07) is 0. The molecule has 0 saturated carbocycles. The summed E-state index contributed by atoms with van der Waals surface area (Å²) in [5.41, 5.74) is 0. The first kappa shape index (κ1) is 35.3. The number of ether oxygens (including phenoxy) is 3. The van der Waals surface area contributed by atoms with E-state index in [0.717, 1.165) is 0 Å². The second-order valence-corrected chi connectivity index (χ2v) is 6.76. The molecular formula is C16H33INNaO13.